The van der Waals surface area contributed by atoms with Gasteiger partial charge in [0.1, 0.15) is 0 Å². The van der Waals surface area contributed by atoms with Gasteiger partial charge in [-0.25, -0.2) is 0 Å². The average Bonchev–Trinajstić information content (AvgIpc) is 3.64. The fraction of sp³-hybridized carbons (Fsp3) is 0.0127. The third kappa shape index (κ3) is 6.81. The third-order valence-electron chi connectivity index (χ3n) is 17.4. The van der Waals surface area contributed by atoms with E-state index >= 15 is 0 Å². The van der Waals surface area contributed by atoms with E-state index in [9.17, 15) is 0 Å². The second-order valence-corrected chi connectivity index (χ2v) is 21.9. The van der Waals surface area contributed by atoms with Gasteiger partial charge in [0.15, 0.2) is 0 Å². The van der Waals surface area contributed by atoms with Crippen LogP contribution in [0.25, 0.3) is 130 Å². The Morgan fingerprint density at radius 2 is 0.519 bits per heavy atom. The summed E-state index contributed by atoms with van der Waals surface area (Å²) in [6, 6.07) is 107. The molecule has 376 valence electrons. The second kappa shape index (κ2) is 17.7. The van der Waals surface area contributed by atoms with Crippen molar-refractivity contribution in [2.24, 2.45) is 0 Å². The van der Waals surface area contributed by atoms with Crippen LogP contribution in [0.15, 0.2) is 285 Å². The van der Waals surface area contributed by atoms with Crippen LogP contribution in [0.3, 0.4) is 0 Å². The van der Waals surface area contributed by atoms with Crippen molar-refractivity contribution in [3.05, 3.63) is 291 Å². The molecular weight excluding hydrogens is 977 g/mol. The van der Waals surface area contributed by atoms with Crippen LogP contribution < -0.4 is 9.80 Å². The Kier molecular flexibility index (Phi) is 9.96. The van der Waals surface area contributed by atoms with Crippen LogP contribution in [0.4, 0.5) is 34.1 Å². The van der Waals surface area contributed by atoms with Crippen LogP contribution in [0.1, 0.15) is 5.56 Å². The summed E-state index contributed by atoms with van der Waals surface area (Å²) in [5, 5.41) is 24.8. The van der Waals surface area contributed by atoms with Gasteiger partial charge in [0.25, 0.3) is 0 Å². The van der Waals surface area contributed by atoms with E-state index in [0.717, 1.165) is 22.7 Å². The van der Waals surface area contributed by atoms with Crippen molar-refractivity contribution >= 4 is 142 Å². The maximum absolute atomic E-state index is 2.53. The maximum Gasteiger partial charge on any atom is 0.0619 e. The molecule has 0 radical (unpaired) electrons. The number of aryl methyl sites for hydroxylation is 1. The van der Waals surface area contributed by atoms with Gasteiger partial charge in [-0.2, -0.15) is 0 Å². The fourth-order valence-electron chi connectivity index (χ4n) is 14.1. The number of fused-ring (bicyclic) bond motifs is 4. The molecule has 0 aliphatic rings. The molecule has 0 heterocycles. The van der Waals surface area contributed by atoms with Gasteiger partial charge in [-0.1, -0.05) is 243 Å². The predicted octanol–water partition coefficient (Wildman–Crippen LogP) is 22.7. The number of rotatable bonds is 8. The first-order valence-corrected chi connectivity index (χ1v) is 28.2. The Morgan fingerprint density at radius 3 is 0.877 bits per heavy atom. The molecule has 81 heavy (non-hydrogen) atoms. The minimum Gasteiger partial charge on any atom is -0.309 e. The van der Waals surface area contributed by atoms with E-state index < -0.39 is 0 Å². The normalized spacial score (nSPS) is 12.0. The summed E-state index contributed by atoms with van der Waals surface area (Å²) in [5.41, 5.74) is 12.9. The molecule has 0 saturated heterocycles. The van der Waals surface area contributed by atoms with Crippen molar-refractivity contribution in [3.63, 3.8) is 0 Å². The Balaban J connectivity index is 0.905. The predicted molar refractivity (Wildman–Crippen MR) is 349 cm³/mol. The summed E-state index contributed by atoms with van der Waals surface area (Å²) in [6.07, 6.45) is 0. The molecular formula is C79H50N2. The summed E-state index contributed by atoms with van der Waals surface area (Å²) in [4.78, 5) is 5.06. The highest BCUT2D eigenvalue weighted by atomic mass is 15.2. The summed E-state index contributed by atoms with van der Waals surface area (Å²) in [5.74, 6) is 0. The lowest BCUT2D eigenvalue weighted by molar-refractivity contribution is 1.33. The zero-order valence-corrected chi connectivity index (χ0v) is 44.5. The highest BCUT2D eigenvalue weighted by Gasteiger charge is 2.27. The Bertz CT molecular complexity index is 4890. The number of hydrogen-bond donors (Lipinski definition) is 0. The van der Waals surface area contributed by atoms with Crippen molar-refractivity contribution in [2.75, 3.05) is 9.80 Å². The first-order valence-electron chi connectivity index (χ1n) is 28.2. The molecule has 0 aliphatic carbocycles. The second-order valence-electron chi connectivity index (χ2n) is 21.9. The first kappa shape index (κ1) is 45.5. The Labute approximate surface area is 468 Å². The van der Waals surface area contributed by atoms with Crippen molar-refractivity contribution in [1.82, 2.24) is 0 Å². The van der Waals surface area contributed by atoms with Crippen molar-refractivity contribution in [3.8, 4) is 22.3 Å². The van der Waals surface area contributed by atoms with Gasteiger partial charge in [-0.15, -0.1) is 0 Å². The van der Waals surface area contributed by atoms with E-state index in [1.54, 1.807) is 0 Å². The largest absolute Gasteiger partial charge is 0.309 e. The average molecular weight is 1030 g/mol. The van der Waals surface area contributed by atoms with Gasteiger partial charge >= 0.3 is 0 Å². The van der Waals surface area contributed by atoms with Crippen LogP contribution >= 0.6 is 0 Å². The Hall–Kier alpha value is -10.5. The van der Waals surface area contributed by atoms with Gasteiger partial charge in [0, 0.05) is 43.7 Å². The van der Waals surface area contributed by atoms with Gasteiger partial charge in [-0.05, 0) is 153 Å². The first-order chi connectivity index (χ1) is 40.1. The number of nitrogens with zero attached hydrogens (tertiary/aromatic N) is 2. The molecule has 0 aliphatic heterocycles. The van der Waals surface area contributed by atoms with E-state index in [1.165, 1.54) is 147 Å². The smallest absolute Gasteiger partial charge is 0.0619 e. The number of hydrogen-bond acceptors (Lipinski definition) is 2. The molecule has 0 atom stereocenters. The molecule has 0 saturated carbocycles. The molecule has 17 aromatic rings. The molecule has 0 aromatic heterocycles. The van der Waals surface area contributed by atoms with Gasteiger partial charge < -0.3 is 9.80 Å². The molecule has 2 heteroatoms. The fourth-order valence-corrected chi connectivity index (χ4v) is 14.1. The number of anilines is 6. The zero-order chi connectivity index (χ0) is 53.3. The van der Waals surface area contributed by atoms with Crippen LogP contribution in [-0.4, -0.2) is 0 Å². The Morgan fingerprint density at radius 1 is 0.222 bits per heavy atom. The summed E-state index contributed by atoms with van der Waals surface area (Å²) in [6.45, 7) is 2.26. The van der Waals surface area contributed by atoms with Crippen LogP contribution in [0.2, 0.25) is 0 Å². The van der Waals surface area contributed by atoms with E-state index in [0.29, 0.717) is 0 Å². The lowest BCUT2D eigenvalue weighted by atomic mass is 9.85. The topological polar surface area (TPSA) is 6.48 Å². The SMILES string of the molecule is Cc1cc(-c2c3ccccc3c(N(c3ccccc3)c3ccc4ccc5cccc6ccc3c4c56)c3ccccc23)cc(-c2c3ccccc3c(N(c3ccccc3)c3ccc4ccc5cccc6ccc3c4c56)c3ccccc23)c1. The molecule has 0 spiro atoms. The van der Waals surface area contributed by atoms with Gasteiger partial charge in [0.2, 0.25) is 0 Å². The van der Waals surface area contributed by atoms with Gasteiger partial charge in [0.05, 0.1) is 22.7 Å². The standard InChI is InChI=1S/C79H50N2/c1-49-46-56(74-60-26-8-12-30-64(60)78(65-31-13-9-27-61(65)74)80(58-22-4-2-5-23-58)70-44-40-54-36-34-50-18-16-20-52-38-42-68(70)76(54)72(50)52)48-57(47-49)75-62-28-10-14-32-66(62)79(67-33-15-11-29-63(67)75)81(59-24-6-3-7-25-59)71-45-41-55-37-35-51-19-17-21-53-39-43-69(71)77(55)73(51)53/h2-48H,1H3. The lowest BCUT2D eigenvalue weighted by Gasteiger charge is -2.31. The number of para-hydroxylation sites is 2. The molecule has 0 unspecified atom stereocenters. The van der Waals surface area contributed by atoms with Crippen LogP contribution in [0.5, 0.6) is 0 Å². The van der Waals surface area contributed by atoms with Crippen LogP contribution in [0, 0.1) is 6.92 Å². The van der Waals surface area contributed by atoms with Crippen molar-refractivity contribution < 1.29 is 0 Å². The monoisotopic (exact) mass is 1030 g/mol. The van der Waals surface area contributed by atoms with E-state index in [-0.39, 0.29) is 0 Å². The molecule has 2 nitrogen and oxygen atoms in total. The minimum absolute atomic E-state index is 1.11. The summed E-state index contributed by atoms with van der Waals surface area (Å²) < 4.78 is 0. The zero-order valence-electron chi connectivity index (χ0n) is 44.5. The van der Waals surface area contributed by atoms with Crippen molar-refractivity contribution in [2.45, 2.75) is 6.92 Å². The molecule has 0 N–H and O–H groups in total. The van der Waals surface area contributed by atoms with E-state index in [4.69, 9.17) is 0 Å². The highest BCUT2D eigenvalue weighted by Crippen LogP contribution is 2.54. The quantitative estimate of drug-likeness (QED) is 0.111. The van der Waals surface area contributed by atoms with Crippen molar-refractivity contribution in [1.29, 1.82) is 0 Å². The maximum atomic E-state index is 2.53. The highest BCUT2D eigenvalue weighted by molar-refractivity contribution is 6.30. The molecule has 17 rings (SSSR count). The summed E-state index contributed by atoms with van der Waals surface area (Å²) >= 11 is 0. The van der Waals surface area contributed by atoms with Gasteiger partial charge in [-0.3, -0.25) is 0 Å². The molecule has 0 bridgehead atoms. The van der Waals surface area contributed by atoms with Crippen LogP contribution in [-0.2, 0) is 0 Å². The molecule has 0 amide bonds. The van der Waals surface area contributed by atoms with E-state index in [1.807, 2.05) is 0 Å². The number of benzene rings is 17. The lowest BCUT2D eigenvalue weighted by Crippen LogP contribution is -2.12. The summed E-state index contributed by atoms with van der Waals surface area (Å²) in [7, 11) is 0. The minimum atomic E-state index is 1.11. The molecule has 0 fully saturated rings. The van der Waals surface area contributed by atoms with E-state index in [2.05, 4.69) is 302 Å². The third-order valence-corrected chi connectivity index (χ3v) is 17.4. The molecule has 17 aromatic carbocycles.